The highest BCUT2D eigenvalue weighted by Crippen LogP contribution is 2.13. The van der Waals surface area contributed by atoms with Crippen LogP contribution in [0.1, 0.15) is 29.8 Å². The maximum atomic E-state index is 12.3. The number of carbonyl (C=O) groups excluding carboxylic acids is 1. The van der Waals surface area contributed by atoms with Crippen molar-refractivity contribution in [2.24, 2.45) is 0 Å². The van der Waals surface area contributed by atoms with E-state index < -0.39 is 5.97 Å². The number of carbonyl (C=O) groups is 2. The molecule has 0 aliphatic carbocycles. The molecule has 132 valence electrons. The smallest absolute Gasteiger partial charge is 0.319 e. The van der Waals surface area contributed by atoms with Crippen LogP contribution >= 0.6 is 0 Å². The molecule has 0 saturated heterocycles. The summed E-state index contributed by atoms with van der Waals surface area (Å²) in [6, 6.07) is 12.7. The lowest BCUT2D eigenvalue weighted by Crippen LogP contribution is -2.39. The first-order valence-corrected chi connectivity index (χ1v) is 8.21. The van der Waals surface area contributed by atoms with Crippen molar-refractivity contribution < 1.29 is 14.7 Å². The number of aromatic nitrogens is 1. The van der Waals surface area contributed by atoms with E-state index in [0.717, 1.165) is 17.0 Å². The van der Waals surface area contributed by atoms with Gasteiger partial charge in [0.1, 0.15) is 0 Å². The van der Waals surface area contributed by atoms with Crippen molar-refractivity contribution in [3.63, 3.8) is 0 Å². The maximum Gasteiger partial charge on any atom is 0.319 e. The Bertz CT molecular complexity index is 732. The Kier molecular flexibility index (Phi) is 6.51. The Hall–Kier alpha value is -2.89. The number of nitrogens with zero attached hydrogens (tertiary/aromatic N) is 1. The molecule has 6 nitrogen and oxygen atoms in total. The largest absolute Gasteiger partial charge is 0.481 e. The van der Waals surface area contributed by atoms with E-state index in [1.54, 1.807) is 6.07 Å². The molecular weight excluding hydrogens is 318 g/mol. The van der Waals surface area contributed by atoms with Crippen molar-refractivity contribution >= 4 is 17.7 Å². The fourth-order valence-corrected chi connectivity index (χ4v) is 2.58. The van der Waals surface area contributed by atoms with E-state index in [1.165, 1.54) is 0 Å². The SMILES string of the molecule is Cc1ccc(NC(=O)NC(CCC(=O)O)Cc2ccccc2)c(C)n1. The van der Waals surface area contributed by atoms with Crippen molar-refractivity contribution in [2.75, 3.05) is 5.32 Å². The number of urea groups is 1. The summed E-state index contributed by atoms with van der Waals surface area (Å²) in [5, 5.41) is 14.6. The summed E-state index contributed by atoms with van der Waals surface area (Å²) in [6.45, 7) is 3.72. The van der Waals surface area contributed by atoms with Crippen molar-refractivity contribution in [2.45, 2.75) is 39.2 Å². The van der Waals surface area contributed by atoms with Crippen LogP contribution < -0.4 is 10.6 Å². The molecule has 0 spiro atoms. The predicted octanol–water partition coefficient (Wildman–Crippen LogP) is 3.30. The molecule has 0 bridgehead atoms. The summed E-state index contributed by atoms with van der Waals surface area (Å²) < 4.78 is 0. The molecule has 0 aliphatic heterocycles. The molecule has 0 saturated carbocycles. The number of anilines is 1. The van der Waals surface area contributed by atoms with E-state index in [9.17, 15) is 9.59 Å². The Morgan fingerprint density at radius 2 is 1.84 bits per heavy atom. The number of pyridine rings is 1. The minimum atomic E-state index is -0.876. The molecule has 1 aromatic heterocycles. The van der Waals surface area contributed by atoms with Gasteiger partial charge >= 0.3 is 12.0 Å². The standard InChI is InChI=1S/C19H23N3O3/c1-13-8-10-17(14(2)20-13)22-19(25)21-16(9-11-18(23)24)12-15-6-4-3-5-7-15/h3-8,10,16H,9,11-12H2,1-2H3,(H,23,24)(H2,21,22,25). The summed E-state index contributed by atoms with van der Waals surface area (Å²) in [7, 11) is 0. The summed E-state index contributed by atoms with van der Waals surface area (Å²) in [5.74, 6) is -0.876. The predicted molar refractivity (Wildman–Crippen MR) is 96.7 cm³/mol. The number of hydrogen-bond donors (Lipinski definition) is 3. The van der Waals surface area contributed by atoms with Gasteiger partial charge < -0.3 is 15.7 Å². The number of aliphatic carboxylic acids is 1. The van der Waals surface area contributed by atoms with Crippen LogP contribution in [0.25, 0.3) is 0 Å². The topological polar surface area (TPSA) is 91.3 Å². The first kappa shape index (κ1) is 18.4. The summed E-state index contributed by atoms with van der Waals surface area (Å²) in [4.78, 5) is 27.5. The molecule has 0 radical (unpaired) electrons. The number of carboxylic acids is 1. The third kappa shape index (κ3) is 6.25. The van der Waals surface area contributed by atoms with E-state index in [-0.39, 0.29) is 18.5 Å². The van der Waals surface area contributed by atoms with E-state index >= 15 is 0 Å². The number of hydrogen-bond acceptors (Lipinski definition) is 3. The third-order valence-electron chi connectivity index (χ3n) is 3.84. The second-order valence-corrected chi connectivity index (χ2v) is 6.00. The molecule has 3 N–H and O–H groups in total. The van der Waals surface area contributed by atoms with Crippen molar-refractivity contribution in [3.8, 4) is 0 Å². The number of carboxylic acid groups (broad SMARTS) is 1. The van der Waals surface area contributed by atoms with Crippen molar-refractivity contribution in [1.29, 1.82) is 0 Å². The summed E-state index contributed by atoms with van der Waals surface area (Å²) in [5.41, 5.74) is 3.30. The zero-order valence-electron chi connectivity index (χ0n) is 14.5. The zero-order valence-corrected chi connectivity index (χ0v) is 14.5. The van der Waals surface area contributed by atoms with E-state index in [0.29, 0.717) is 18.5 Å². The highest BCUT2D eigenvalue weighted by atomic mass is 16.4. The third-order valence-corrected chi connectivity index (χ3v) is 3.84. The van der Waals surface area contributed by atoms with Crippen LogP contribution in [0.4, 0.5) is 10.5 Å². The fraction of sp³-hybridized carbons (Fsp3) is 0.316. The molecule has 1 atom stereocenters. The number of amides is 2. The summed E-state index contributed by atoms with van der Waals surface area (Å²) >= 11 is 0. The number of rotatable bonds is 7. The normalized spacial score (nSPS) is 11.6. The molecule has 1 aromatic carbocycles. The van der Waals surface area contributed by atoms with Crippen molar-refractivity contribution in [1.82, 2.24) is 10.3 Å². The quantitative estimate of drug-likeness (QED) is 0.720. The molecule has 2 amide bonds. The molecule has 1 unspecified atom stereocenters. The monoisotopic (exact) mass is 341 g/mol. The molecule has 0 aliphatic rings. The average molecular weight is 341 g/mol. The van der Waals surface area contributed by atoms with Gasteiger partial charge in [-0.15, -0.1) is 0 Å². The molecule has 1 heterocycles. The Labute approximate surface area is 147 Å². The van der Waals surface area contributed by atoms with Gasteiger partial charge in [-0.3, -0.25) is 9.78 Å². The Balaban J connectivity index is 2.01. The van der Waals surface area contributed by atoms with Gasteiger partial charge in [-0.05, 0) is 44.4 Å². The molecule has 2 aromatic rings. The van der Waals surface area contributed by atoms with Crippen molar-refractivity contribution in [3.05, 3.63) is 59.4 Å². The van der Waals surface area contributed by atoms with Crippen LogP contribution in [0.2, 0.25) is 0 Å². The van der Waals surface area contributed by atoms with Gasteiger partial charge in [0.15, 0.2) is 0 Å². The van der Waals surface area contributed by atoms with Crippen LogP contribution in [-0.2, 0) is 11.2 Å². The van der Waals surface area contributed by atoms with Crippen LogP contribution in [0, 0.1) is 13.8 Å². The maximum absolute atomic E-state index is 12.3. The molecule has 0 fully saturated rings. The first-order chi connectivity index (χ1) is 11.9. The van der Waals surface area contributed by atoms with Crippen LogP contribution in [0.5, 0.6) is 0 Å². The molecule has 2 rings (SSSR count). The van der Waals surface area contributed by atoms with Gasteiger partial charge in [0.05, 0.1) is 11.4 Å². The highest BCUT2D eigenvalue weighted by molar-refractivity contribution is 5.90. The number of nitrogens with one attached hydrogen (secondary N) is 2. The van der Waals surface area contributed by atoms with E-state index in [2.05, 4.69) is 15.6 Å². The molecular formula is C19H23N3O3. The van der Waals surface area contributed by atoms with Gasteiger partial charge in [0, 0.05) is 18.2 Å². The van der Waals surface area contributed by atoms with Gasteiger partial charge in [-0.2, -0.15) is 0 Å². The van der Waals surface area contributed by atoms with Gasteiger partial charge in [0.2, 0.25) is 0 Å². The lowest BCUT2D eigenvalue weighted by molar-refractivity contribution is -0.137. The minimum Gasteiger partial charge on any atom is -0.481 e. The molecule has 25 heavy (non-hydrogen) atoms. The first-order valence-electron chi connectivity index (χ1n) is 8.21. The van der Waals surface area contributed by atoms with Crippen LogP contribution in [0.15, 0.2) is 42.5 Å². The van der Waals surface area contributed by atoms with Gasteiger partial charge in [-0.25, -0.2) is 4.79 Å². The van der Waals surface area contributed by atoms with Gasteiger partial charge in [-0.1, -0.05) is 30.3 Å². The second kappa shape index (κ2) is 8.82. The minimum absolute atomic E-state index is 0.00287. The Morgan fingerprint density at radius 1 is 1.12 bits per heavy atom. The average Bonchev–Trinajstić information content (AvgIpc) is 2.56. The van der Waals surface area contributed by atoms with E-state index in [1.807, 2.05) is 50.2 Å². The fourth-order valence-electron chi connectivity index (χ4n) is 2.58. The molecule has 6 heteroatoms. The lowest BCUT2D eigenvalue weighted by atomic mass is 10.0. The van der Waals surface area contributed by atoms with Crippen LogP contribution in [0.3, 0.4) is 0 Å². The van der Waals surface area contributed by atoms with Gasteiger partial charge in [0.25, 0.3) is 0 Å². The number of benzene rings is 1. The van der Waals surface area contributed by atoms with Crippen LogP contribution in [-0.4, -0.2) is 28.1 Å². The zero-order chi connectivity index (χ0) is 18.2. The summed E-state index contributed by atoms with van der Waals surface area (Å²) in [6.07, 6.45) is 0.943. The van der Waals surface area contributed by atoms with E-state index in [4.69, 9.17) is 5.11 Å². The highest BCUT2D eigenvalue weighted by Gasteiger charge is 2.15. The Morgan fingerprint density at radius 3 is 2.48 bits per heavy atom. The number of aryl methyl sites for hydroxylation is 2. The second-order valence-electron chi connectivity index (χ2n) is 6.00. The lowest BCUT2D eigenvalue weighted by Gasteiger charge is -2.19.